The second-order valence-electron chi connectivity index (χ2n) is 3.65. The van der Waals surface area contributed by atoms with E-state index in [9.17, 15) is 10.1 Å². The Hall–Kier alpha value is -2.54. The summed E-state index contributed by atoms with van der Waals surface area (Å²) >= 11 is 1.46. The summed E-state index contributed by atoms with van der Waals surface area (Å²) in [4.78, 5) is 19.3. The predicted molar refractivity (Wildman–Crippen MR) is 70.6 cm³/mol. The molecule has 19 heavy (non-hydrogen) atoms. The van der Waals surface area contributed by atoms with Crippen LogP contribution >= 0.6 is 11.3 Å². The average Bonchev–Trinajstić information content (AvgIpc) is 2.88. The van der Waals surface area contributed by atoms with E-state index in [0.29, 0.717) is 5.88 Å². The summed E-state index contributed by atoms with van der Waals surface area (Å²) in [5, 5.41) is 13.5. The highest BCUT2D eigenvalue weighted by Gasteiger charge is 2.16. The minimum atomic E-state index is -0.485. The number of aromatic nitrogens is 2. The Balaban J connectivity index is 2.06. The molecule has 7 heteroatoms. The molecule has 0 amide bonds. The third-order valence-corrected chi connectivity index (χ3v) is 3.31. The number of benzene rings is 1. The standard InChI is InChI=1S/C12H7N3O3S/c16-15(17)9-3-1-2-4-10(9)18-11-8-5-6-19-12(8)14-7-13-11/h1-7H. The smallest absolute Gasteiger partial charge is 0.311 e. The lowest BCUT2D eigenvalue weighted by atomic mass is 10.3. The van der Waals surface area contributed by atoms with Crippen LogP contribution in [-0.4, -0.2) is 14.9 Å². The molecule has 0 spiro atoms. The quantitative estimate of drug-likeness (QED) is 0.540. The van der Waals surface area contributed by atoms with Gasteiger partial charge in [-0.3, -0.25) is 10.1 Å². The molecule has 0 fully saturated rings. The van der Waals surface area contributed by atoms with Crippen molar-refractivity contribution in [2.45, 2.75) is 0 Å². The van der Waals surface area contributed by atoms with Gasteiger partial charge in [0, 0.05) is 6.07 Å². The largest absolute Gasteiger partial charge is 0.431 e. The third-order valence-electron chi connectivity index (χ3n) is 2.49. The molecule has 0 unspecified atom stereocenters. The highest BCUT2D eigenvalue weighted by molar-refractivity contribution is 7.16. The van der Waals surface area contributed by atoms with Gasteiger partial charge in [0.05, 0.1) is 10.3 Å². The highest BCUT2D eigenvalue weighted by Crippen LogP contribution is 2.33. The van der Waals surface area contributed by atoms with E-state index in [1.807, 2.05) is 11.4 Å². The van der Waals surface area contributed by atoms with Crippen molar-refractivity contribution < 1.29 is 9.66 Å². The first kappa shape index (κ1) is 11.5. The summed E-state index contributed by atoms with van der Waals surface area (Å²) in [7, 11) is 0. The first-order chi connectivity index (χ1) is 9.25. The van der Waals surface area contributed by atoms with Crippen LogP contribution in [0.1, 0.15) is 0 Å². The molecule has 94 valence electrons. The molecule has 0 aliphatic heterocycles. The fourth-order valence-electron chi connectivity index (χ4n) is 1.65. The molecule has 3 aromatic rings. The zero-order chi connectivity index (χ0) is 13.2. The molecule has 0 saturated heterocycles. The zero-order valence-electron chi connectivity index (χ0n) is 9.52. The molecule has 6 nitrogen and oxygen atoms in total. The summed E-state index contributed by atoms with van der Waals surface area (Å²) in [5.41, 5.74) is -0.0931. The Labute approximate surface area is 111 Å². The average molecular weight is 273 g/mol. The van der Waals surface area contributed by atoms with Gasteiger partial charge in [0.1, 0.15) is 11.2 Å². The number of nitrogens with zero attached hydrogens (tertiary/aromatic N) is 3. The minimum Gasteiger partial charge on any atom is -0.431 e. The Morgan fingerprint density at radius 1 is 1.21 bits per heavy atom. The SMILES string of the molecule is O=[N+]([O-])c1ccccc1Oc1ncnc2sccc12. The summed E-state index contributed by atoms with van der Waals surface area (Å²) in [6.07, 6.45) is 1.38. The van der Waals surface area contributed by atoms with Gasteiger partial charge in [-0.25, -0.2) is 9.97 Å². The molecule has 1 aromatic carbocycles. The van der Waals surface area contributed by atoms with E-state index in [1.165, 1.54) is 23.7 Å². The van der Waals surface area contributed by atoms with Crippen LogP contribution in [0.3, 0.4) is 0 Å². The minimum absolute atomic E-state index is 0.0931. The molecule has 0 saturated carbocycles. The molecular formula is C12H7N3O3S. The molecule has 0 aliphatic rings. The molecule has 0 aliphatic carbocycles. The van der Waals surface area contributed by atoms with Crippen LogP contribution in [0, 0.1) is 10.1 Å². The lowest BCUT2D eigenvalue weighted by Crippen LogP contribution is -1.94. The van der Waals surface area contributed by atoms with Crippen molar-refractivity contribution in [2.24, 2.45) is 0 Å². The fourth-order valence-corrected chi connectivity index (χ4v) is 2.37. The van der Waals surface area contributed by atoms with Gasteiger partial charge in [-0.1, -0.05) is 12.1 Å². The molecular weight excluding hydrogens is 266 g/mol. The third kappa shape index (κ3) is 2.11. The lowest BCUT2D eigenvalue weighted by molar-refractivity contribution is -0.385. The maximum Gasteiger partial charge on any atom is 0.311 e. The number of nitro benzene ring substituents is 1. The number of thiophene rings is 1. The van der Waals surface area contributed by atoms with E-state index in [0.717, 1.165) is 10.2 Å². The Morgan fingerprint density at radius 3 is 2.89 bits per heavy atom. The number of hydrogen-bond acceptors (Lipinski definition) is 6. The number of hydrogen-bond donors (Lipinski definition) is 0. The Kier molecular flexibility index (Phi) is 2.81. The summed E-state index contributed by atoms with van der Waals surface area (Å²) < 4.78 is 5.56. The number of ether oxygens (including phenoxy) is 1. The highest BCUT2D eigenvalue weighted by atomic mass is 32.1. The number of fused-ring (bicyclic) bond motifs is 1. The maximum absolute atomic E-state index is 10.9. The van der Waals surface area contributed by atoms with Crippen LogP contribution in [-0.2, 0) is 0 Å². The van der Waals surface area contributed by atoms with Crippen LogP contribution in [0.25, 0.3) is 10.2 Å². The topological polar surface area (TPSA) is 78.2 Å². The van der Waals surface area contributed by atoms with Crippen molar-refractivity contribution in [3.63, 3.8) is 0 Å². The van der Waals surface area contributed by atoms with Gasteiger partial charge in [-0.2, -0.15) is 0 Å². The first-order valence-corrected chi connectivity index (χ1v) is 6.23. The molecule has 2 heterocycles. The number of nitro groups is 1. The first-order valence-electron chi connectivity index (χ1n) is 5.35. The van der Waals surface area contributed by atoms with Gasteiger partial charge in [-0.15, -0.1) is 11.3 Å². The second kappa shape index (κ2) is 4.62. The molecule has 2 aromatic heterocycles. The van der Waals surface area contributed by atoms with Gasteiger partial charge in [0.25, 0.3) is 0 Å². The molecule has 0 N–H and O–H groups in total. The summed E-state index contributed by atoms with van der Waals surface area (Å²) in [5.74, 6) is 0.485. The summed E-state index contributed by atoms with van der Waals surface area (Å²) in [6.45, 7) is 0. The van der Waals surface area contributed by atoms with Crippen molar-refractivity contribution in [1.82, 2.24) is 9.97 Å². The van der Waals surface area contributed by atoms with Crippen molar-refractivity contribution in [3.8, 4) is 11.6 Å². The van der Waals surface area contributed by atoms with Gasteiger partial charge in [0.2, 0.25) is 11.6 Å². The van der Waals surface area contributed by atoms with Gasteiger partial charge in [-0.05, 0) is 17.5 Å². The molecule has 3 rings (SSSR count). The van der Waals surface area contributed by atoms with E-state index >= 15 is 0 Å². The molecule has 0 radical (unpaired) electrons. The van der Waals surface area contributed by atoms with Crippen LogP contribution in [0.4, 0.5) is 5.69 Å². The molecule has 0 atom stereocenters. The van der Waals surface area contributed by atoms with E-state index in [4.69, 9.17) is 4.74 Å². The van der Waals surface area contributed by atoms with Crippen LogP contribution in [0.2, 0.25) is 0 Å². The Bertz CT molecular complexity index is 757. The van der Waals surface area contributed by atoms with E-state index < -0.39 is 4.92 Å². The molecule has 0 bridgehead atoms. The van der Waals surface area contributed by atoms with Crippen molar-refractivity contribution >= 4 is 27.2 Å². The Morgan fingerprint density at radius 2 is 2.05 bits per heavy atom. The number of para-hydroxylation sites is 2. The van der Waals surface area contributed by atoms with Gasteiger partial charge < -0.3 is 4.74 Å². The van der Waals surface area contributed by atoms with Crippen LogP contribution in [0.5, 0.6) is 11.6 Å². The predicted octanol–water partition coefficient (Wildman–Crippen LogP) is 3.39. The number of rotatable bonds is 3. The summed E-state index contributed by atoms with van der Waals surface area (Å²) in [6, 6.07) is 8.02. The van der Waals surface area contributed by atoms with Crippen LogP contribution < -0.4 is 4.74 Å². The van der Waals surface area contributed by atoms with Crippen molar-refractivity contribution in [3.05, 3.63) is 52.2 Å². The van der Waals surface area contributed by atoms with Crippen LogP contribution in [0.15, 0.2) is 42.0 Å². The van der Waals surface area contributed by atoms with Gasteiger partial charge in [0.15, 0.2) is 0 Å². The van der Waals surface area contributed by atoms with E-state index in [2.05, 4.69) is 9.97 Å². The van der Waals surface area contributed by atoms with Crippen molar-refractivity contribution in [1.29, 1.82) is 0 Å². The monoisotopic (exact) mass is 273 g/mol. The van der Waals surface area contributed by atoms with Gasteiger partial charge >= 0.3 is 5.69 Å². The van der Waals surface area contributed by atoms with Crippen molar-refractivity contribution in [2.75, 3.05) is 0 Å². The lowest BCUT2D eigenvalue weighted by Gasteiger charge is -2.05. The normalized spacial score (nSPS) is 10.5. The zero-order valence-corrected chi connectivity index (χ0v) is 10.3. The fraction of sp³-hybridized carbons (Fsp3) is 0. The second-order valence-corrected chi connectivity index (χ2v) is 4.54. The van der Waals surface area contributed by atoms with E-state index in [-0.39, 0.29) is 11.4 Å². The van der Waals surface area contributed by atoms with E-state index in [1.54, 1.807) is 18.2 Å². The maximum atomic E-state index is 10.9.